The molecule has 0 saturated heterocycles. The van der Waals surface area contributed by atoms with Crippen LogP contribution >= 0.6 is 11.8 Å². The molecule has 0 aliphatic heterocycles. The minimum Gasteiger partial charge on any atom is -0.341 e. The van der Waals surface area contributed by atoms with Gasteiger partial charge in [0, 0.05) is 18.3 Å². The molecule has 0 saturated carbocycles. The number of thioether (sulfide) groups is 1. The molecular weight excluding hydrogens is 254 g/mol. The molecule has 1 aromatic rings. The minimum atomic E-state index is 0.138. The Bertz CT molecular complexity index is 406. The predicted molar refractivity (Wildman–Crippen MR) is 84.5 cm³/mol. The van der Waals surface area contributed by atoms with Crippen LogP contribution in [0.5, 0.6) is 0 Å². The van der Waals surface area contributed by atoms with Gasteiger partial charge in [-0.2, -0.15) is 0 Å². The number of benzene rings is 1. The van der Waals surface area contributed by atoms with Crippen molar-refractivity contribution in [3.63, 3.8) is 0 Å². The largest absolute Gasteiger partial charge is 0.341 e. The van der Waals surface area contributed by atoms with Gasteiger partial charge in [-0.1, -0.05) is 52.0 Å². The van der Waals surface area contributed by atoms with E-state index in [2.05, 4.69) is 52.0 Å². The Morgan fingerprint density at radius 2 is 1.68 bits per heavy atom. The maximum absolute atomic E-state index is 12.0. The molecule has 0 fully saturated rings. The molecule has 2 nitrogen and oxygen atoms in total. The molecule has 0 unspecified atom stereocenters. The summed E-state index contributed by atoms with van der Waals surface area (Å²) < 4.78 is 0.138. The van der Waals surface area contributed by atoms with Crippen molar-refractivity contribution in [1.29, 1.82) is 0 Å². The molecule has 3 heteroatoms. The lowest BCUT2D eigenvalue weighted by atomic mass is 10.1. The Morgan fingerprint density at radius 1 is 1.16 bits per heavy atom. The number of hydrogen-bond acceptors (Lipinski definition) is 2. The average molecular weight is 279 g/mol. The molecule has 0 spiro atoms. The molecule has 0 N–H and O–H groups in total. The van der Waals surface area contributed by atoms with Gasteiger partial charge in [0.1, 0.15) is 0 Å². The third kappa shape index (κ3) is 6.15. The fraction of sp³-hybridized carbons (Fsp3) is 0.562. The monoisotopic (exact) mass is 279 g/mol. The molecular formula is C16H25NOS. The standard InChI is InChI=1S/C16H25NOS/c1-6-13-7-9-14(10-8-13)11-17(5)15(18)12-19-16(2,3)4/h7-10H,6,11-12H2,1-5H3. The van der Waals surface area contributed by atoms with Crippen LogP contribution in [0.1, 0.15) is 38.8 Å². The van der Waals surface area contributed by atoms with E-state index in [9.17, 15) is 4.79 Å². The number of amides is 1. The zero-order chi connectivity index (χ0) is 14.5. The third-order valence-corrected chi connectivity index (χ3v) is 4.16. The summed E-state index contributed by atoms with van der Waals surface area (Å²) in [6.07, 6.45) is 1.05. The molecule has 0 heterocycles. The zero-order valence-corrected chi connectivity index (χ0v) is 13.5. The molecule has 19 heavy (non-hydrogen) atoms. The van der Waals surface area contributed by atoms with Crippen molar-refractivity contribution >= 4 is 17.7 Å². The van der Waals surface area contributed by atoms with Crippen molar-refractivity contribution in [1.82, 2.24) is 4.90 Å². The van der Waals surface area contributed by atoms with E-state index in [4.69, 9.17) is 0 Å². The highest BCUT2D eigenvalue weighted by Gasteiger charge is 2.15. The normalized spacial score (nSPS) is 11.4. The van der Waals surface area contributed by atoms with Gasteiger partial charge in [-0.05, 0) is 17.5 Å². The van der Waals surface area contributed by atoms with Gasteiger partial charge >= 0.3 is 0 Å². The highest BCUT2D eigenvalue weighted by atomic mass is 32.2. The fourth-order valence-electron chi connectivity index (χ4n) is 1.63. The predicted octanol–water partition coefficient (Wildman–Crippen LogP) is 3.74. The van der Waals surface area contributed by atoms with Crippen LogP contribution in [0.2, 0.25) is 0 Å². The summed E-state index contributed by atoms with van der Waals surface area (Å²) in [6.45, 7) is 9.24. The highest BCUT2D eigenvalue weighted by molar-refractivity contribution is 8.01. The Balaban J connectivity index is 2.49. The summed E-state index contributed by atoms with van der Waals surface area (Å²) in [5, 5.41) is 0. The van der Waals surface area contributed by atoms with Gasteiger partial charge < -0.3 is 4.90 Å². The number of hydrogen-bond donors (Lipinski definition) is 0. The SMILES string of the molecule is CCc1ccc(CN(C)C(=O)CSC(C)(C)C)cc1. The second-order valence-corrected chi connectivity index (χ2v) is 7.62. The van der Waals surface area contributed by atoms with Gasteiger partial charge in [-0.3, -0.25) is 4.79 Å². The van der Waals surface area contributed by atoms with E-state index in [-0.39, 0.29) is 10.7 Å². The van der Waals surface area contributed by atoms with Crippen LogP contribution in [0.15, 0.2) is 24.3 Å². The second-order valence-electron chi connectivity index (χ2n) is 5.82. The Morgan fingerprint density at radius 3 is 2.16 bits per heavy atom. The lowest BCUT2D eigenvalue weighted by Crippen LogP contribution is -2.29. The maximum Gasteiger partial charge on any atom is 0.232 e. The van der Waals surface area contributed by atoms with E-state index >= 15 is 0 Å². The van der Waals surface area contributed by atoms with E-state index in [0.29, 0.717) is 12.3 Å². The molecule has 1 rings (SSSR count). The number of aryl methyl sites for hydroxylation is 1. The van der Waals surface area contributed by atoms with Crippen LogP contribution in [0.3, 0.4) is 0 Å². The van der Waals surface area contributed by atoms with Crippen LogP contribution < -0.4 is 0 Å². The van der Waals surface area contributed by atoms with E-state index in [0.717, 1.165) is 6.42 Å². The zero-order valence-electron chi connectivity index (χ0n) is 12.7. The Labute approximate surface area is 121 Å². The number of carbonyl (C=O) groups excluding carboxylic acids is 1. The molecule has 0 atom stereocenters. The van der Waals surface area contributed by atoms with Crippen LogP contribution in [0.25, 0.3) is 0 Å². The molecule has 1 amide bonds. The van der Waals surface area contributed by atoms with Gasteiger partial charge in [-0.15, -0.1) is 11.8 Å². The summed E-state index contributed by atoms with van der Waals surface area (Å²) in [5.74, 6) is 0.743. The molecule has 0 aliphatic rings. The summed E-state index contributed by atoms with van der Waals surface area (Å²) in [7, 11) is 1.87. The third-order valence-electron chi connectivity index (χ3n) is 2.91. The Kier molecular flexibility index (Phi) is 5.92. The van der Waals surface area contributed by atoms with Crippen molar-refractivity contribution < 1.29 is 4.79 Å². The lowest BCUT2D eigenvalue weighted by Gasteiger charge is -2.21. The van der Waals surface area contributed by atoms with Gasteiger partial charge in [0.25, 0.3) is 0 Å². The molecule has 0 aromatic heterocycles. The first-order chi connectivity index (χ1) is 8.81. The topological polar surface area (TPSA) is 20.3 Å². The number of rotatable bonds is 5. The van der Waals surface area contributed by atoms with Crippen molar-refractivity contribution in [2.75, 3.05) is 12.8 Å². The van der Waals surface area contributed by atoms with Crippen LogP contribution in [0.4, 0.5) is 0 Å². The summed E-state index contributed by atoms with van der Waals surface area (Å²) >= 11 is 1.70. The van der Waals surface area contributed by atoms with Crippen molar-refractivity contribution in [2.24, 2.45) is 0 Å². The van der Waals surface area contributed by atoms with Gasteiger partial charge in [0.15, 0.2) is 0 Å². The van der Waals surface area contributed by atoms with Crippen LogP contribution in [-0.4, -0.2) is 28.4 Å². The fourth-order valence-corrected chi connectivity index (χ4v) is 2.41. The lowest BCUT2D eigenvalue weighted by molar-refractivity contribution is -0.127. The van der Waals surface area contributed by atoms with Gasteiger partial charge in [0.2, 0.25) is 5.91 Å². The maximum atomic E-state index is 12.0. The highest BCUT2D eigenvalue weighted by Crippen LogP contribution is 2.23. The molecule has 106 valence electrons. The minimum absolute atomic E-state index is 0.138. The molecule has 0 aliphatic carbocycles. The summed E-state index contributed by atoms with van der Waals surface area (Å²) in [5.41, 5.74) is 2.52. The molecule has 1 aromatic carbocycles. The first kappa shape index (κ1) is 16.1. The van der Waals surface area contributed by atoms with Crippen LogP contribution in [0, 0.1) is 0 Å². The van der Waals surface area contributed by atoms with E-state index in [1.54, 1.807) is 16.7 Å². The molecule has 0 radical (unpaired) electrons. The van der Waals surface area contributed by atoms with Crippen molar-refractivity contribution in [3.05, 3.63) is 35.4 Å². The van der Waals surface area contributed by atoms with E-state index in [1.165, 1.54) is 11.1 Å². The molecule has 0 bridgehead atoms. The van der Waals surface area contributed by atoms with E-state index < -0.39 is 0 Å². The summed E-state index contributed by atoms with van der Waals surface area (Å²) in [4.78, 5) is 13.8. The van der Waals surface area contributed by atoms with Crippen molar-refractivity contribution in [3.8, 4) is 0 Å². The first-order valence-electron chi connectivity index (χ1n) is 6.77. The summed E-state index contributed by atoms with van der Waals surface area (Å²) in [6, 6.07) is 8.49. The quantitative estimate of drug-likeness (QED) is 0.818. The van der Waals surface area contributed by atoms with Crippen molar-refractivity contribution in [2.45, 2.75) is 45.4 Å². The first-order valence-corrected chi connectivity index (χ1v) is 7.76. The number of carbonyl (C=O) groups is 1. The van der Waals surface area contributed by atoms with Gasteiger partial charge in [0.05, 0.1) is 5.75 Å². The van der Waals surface area contributed by atoms with Crippen LogP contribution in [-0.2, 0) is 17.8 Å². The smallest absolute Gasteiger partial charge is 0.232 e. The van der Waals surface area contributed by atoms with E-state index in [1.807, 2.05) is 7.05 Å². The second kappa shape index (κ2) is 6.99. The number of nitrogens with zero attached hydrogens (tertiary/aromatic N) is 1. The average Bonchev–Trinajstić information content (AvgIpc) is 2.36. The van der Waals surface area contributed by atoms with Gasteiger partial charge in [-0.25, -0.2) is 0 Å². The Hall–Kier alpha value is -0.960.